The molecule has 0 spiro atoms. The van der Waals surface area contributed by atoms with Gasteiger partial charge < -0.3 is 14.9 Å². The molecule has 0 amide bonds. The van der Waals surface area contributed by atoms with E-state index < -0.39 is 16.7 Å². The van der Waals surface area contributed by atoms with Crippen LogP contribution in [0.5, 0.6) is 0 Å². The van der Waals surface area contributed by atoms with Crippen LogP contribution in [0.1, 0.15) is 17.4 Å². The molecule has 2 rings (SSSR count). The SMILES string of the molecule is CCOC(=O)c1nc2ccc(Br)cn2c1[N+](=O)[O-]. The molecular formula is C10H8BrN3O4. The van der Waals surface area contributed by atoms with Crippen LogP contribution in [0.2, 0.25) is 0 Å². The second-order valence-electron chi connectivity index (χ2n) is 3.34. The van der Waals surface area contributed by atoms with Crippen molar-refractivity contribution in [2.24, 2.45) is 0 Å². The van der Waals surface area contributed by atoms with E-state index in [1.807, 2.05) is 0 Å². The summed E-state index contributed by atoms with van der Waals surface area (Å²) in [6, 6.07) is 3.25. The van der Waals surface area contributed by atoms with E-state index in [1.54, 1.807) is 19.1 Å². The zero-order valence-electron chi connectivity index (χ0n) is 9.29. The molecule has 2 heterocycles. The third-order valence-electron chi connectivity index (χ3n) is 2.20. The molecule has 0 aliphatic carbocycles. The highest BCUT2D eigenvalue weighted by molar-refractivity contribution is 9.10. The van der Waals surface area contributed by atoms with Crippen LogP contribution in [0.3, 0.4) is 0 Å². The molecule has 0 aliphatic rings. The van der Waals surface area contributed by atoms with Gasteiger partial charge in [-0.05, 0) is 33.8 Å². The van der Waals surface area contributed by atoms with Gasteiger partial charge in [-0.2, -0.15) is 9.38 Å². The highest BCUT2D eigenvalue weighted by atomic mass is 79.9. The molecular weight excluding hydrogens is 306 g/mol. The fourth-order valence-corrected chi connectivity index (χ4v) is 1.85. The van der Waals surface area contributed by atoms with Crippen molar-refractivity contribution in [2.75, 3.05) is 6.61 Å². The summed E-state index contributed by atoms with van der Waals surface area (Å²) in [5, 5.41) is 11.0. The van der Waals surface area contributed by atoms with Crippen LogP contribution in [0.4, 0.5) is 5.82 Å². The number of ether oxygens (including phenoxy) is 1. The Morgan fingerprint density at radius 2 is 2.33 bits per heavy atom. The molecule has 0 saturated carbocycles. The van der Waals surface area contributed by atoms with Gasteiger partial charge in [0.1, 0.15) is 6.20 Å². The summed E-state index contributed by atoms with van der Waals surface area (Å²) in [7, 11) is 0. The van der Waals surface area contributed by atoms with Crippen molar-refractivity contribution in [2.45, 2.75) is 6.92 Å². The minimum atomic E-state index is -0.802. The number of rotatable bonds is 3. The smallest absolute Gasteiger partial charge is 0.365 e. The predicted molar refractivity (Wildman–Crippen MR) is 65.5 cm³/mol. The number of carbonyl (C=O) groups excluding carboxylic acids is 1. The number of aromatic nitrogens is 2. The standard InChI is InChI=1S/C10H8BrN3O4/c1-2-18-10(15)8-9(14(16)17)13-5-6(11)3-4-7(13)12-8/h3-5H,2H2,1H3. The molecule has 0 atom stereocenters. The van der Waals surface area contributed by atoms with Crippen molar-refractivity contribution in [1.29, 1.82) is 0 Å². The van der Waals surface area contributed by atoms with Crippen LogP contribution in [0.15, 0.2) is 22.8 Å². The monoisotopic (exact) mass is 313 g/mol. The summed E-state index contributed by atoms with van der Waals surface area (Å²) in [6.45, 7) is 1.75. The molecule has 0 fully saturated rings. The predicted octanol–water partition coefficient (Wildman–Crippen LogP) is 2.18. The summed E-state index contributed by atoms with van der Waals surface area (Å²) in [4.78, 5) is 25.9. The van der Waals surface area contributed by atoms with Gasteiger partial charge in [0, 0.05) is 6.07 Å². The number of halogens is 1. The Bertz CT molecular complexity index is 637. The van der Waals surface area contributed by atoms with Gasteiger partial charge in [0.05, 0.1) is 11.1 Å². The normalized spacial score (nSPS) is 10.6. The van der Waals surface area contributed by atoms with Crippen molar-refractivity contribution in [3.8, 4) is 0 Å². The first-order chi connectivity index (χ1) is 8.54. The molecule has 2 aromatic heterocycles. The lowest BCUT2D eigenvalue weighted by atomic mass is 10.4. The molecule has 7 nitrogen and oxygen atoms in total. The number of imidazole rings is 1. The van der Waals surface area contributed by atoms with E-state index in [0.717, 1.165) is 0 Å². The first kappa shape index (κ1) is 12.5. The minimum Gasteiger partial charge on any atom is -0.461 e. The number of hydrogen-bond acceptors (Lipinski definition) is 5. The third kappa shape index (κ3) is 2.06. The maximum atomic E-state index is 11.6. The average Bonchev–Trinajstić information content (AvgIpc) is 2.67. The molecule has 2 aromatic rings. The largest absolute Gasteiger partial charge is 0.461 e. The van der Waals surface area contributed by atoms with Gasteiger partial charge in [-0.3, -0.25) is 0 Å². The van der Waals surface area contributed by atoms with E-state index in [9.17, 15) is 14.9 Å². The number of nitro groups is 1. The molecule has 0 N–H and O–H groups in total. The molecule has 18 heavy (non-hydrogen) atoms. The number of carbonyl (C=O) groups is 1. The molecule has 0 unspecified atom stereocenters. The first-order valence-electron chi connectivity index (χ1n) is 5.03. The Morgan fingerprint density at radius 1 is 1.61 bits per heavy atom. The number of hydrogen-bond donors (Lipinski definition) is 0. The summed E-state index contributed by atoms with van der Waals surface area (Å²) in [5.41, 5.74) is 0.0212. The summed E-state index contributed by atoms with van der Waals surface area (Å²) in [5.74, 6) is -1.20. The number of nitrogens with zero attached hydrogens (tertiary/aromatic N) is 3. The maximum absolute atomic E-state index is 11.6. The summed E-state index contributed by atoms with van der Waals surface area (Å²) < 4.78 is 6.62. The van der Waals surface area contributed by atoms with Gasteiger partial charge in [-0.1, -0.05) is 0 Å². The van der Waals surface area contributed by atoms with Gasteiger partial charge in [0.2, 0.25) is 11.3 Å². The van der Waals surface area contributed by atoms with Crippen molar-refractivity contribution in [3.05, 3.63) is 38.6 Å². The molecule has 0 aliphatic heterocycles. The quantitative estimate of drug-likeness (QED) is 0.492. The third-order valence-corrected chi connectivity index (χ3v) is 2.67. The topological polar surface area (TPSA) is 86.7 Å². The van der Waals surface area contributed by atoms with Crippen LogP contribution < -0.4 is 0 Å². The molecule has 0 radical (unpaired) electrons. The van der Waals surface area contributed by atoms with E-state index in [0.29, 0.717) is 10.1 Å². The highest BCUT2D eigenvalue weighted by Crippen LogP contribution is 2.23. The zero-order valence-corrected chi connectivity index (χ0v) is 10.9. The van der Waals surface area contributed by atoms with Gasteiger partial charge in [-0.15, -0.1) is 0 Å². The van der Waals surface area contributed by atoms with E-state index in [2.05, 4.69) is 20.9 Å². The fourth-order valence-electron chi connectivity index (χ4n) is 1.52. The second kappa shape index (κ2) is 4.73. The first-order valence-corrected chi connectivity index (χ1v) is 5.83. The Labute approximate surface area is 110 Å². The molecule has 8 heteroatoms. The summed E-state index contributed by atoms with van der Waals surface area (Å²) in [6.07, 6.45) is 1.48. The Hall–Kier alpha value is -1.96. The van der Waals surface area contributed by atoms with Gasteiger partial charge in [0.25, 0.3) is 0 Å². The Morgan fingerprint density at radius 3 is 2.94 bits per heavy atom. The van der Waals surface area contributed by atoms with Crippen molar-refractivity contribution >= 4 is 33.4 Å². The van der Waals surface area contributed by atoms with Gasteiger partial charge >= 0.3 is 11.8 Å². The van der Waals surface area contributed by atoms with Crippen LogP contribution in [-0.2, 0) is 4.74 Å². The Balaban J connectivity index is 2.69. The van der Waals surface area contributed by atoms with E-state index in [1.165, 1.54) is 10.6 Å². The van der Waals surface area contributed by atoms with Gasteiger partial charge in [-0.25, -0.2) is 4.79 Å². The van der Waals surface area contributed by atoms with E-state index in [-0.39, 0.29) is 12.3 Å². The van der Waals surface area contributed by atoms with Crippen LogP contribution in [0, 0.1) is 10.1 Å². The average molecular weight is 314 g/mol. The summed E-state index contributed by atoms with van der Waals surface area (Å²) >= 11 is 3.21. The Kier molecular flexibility index (Phi) is 3.28. The number of pyridine rings is 1. The molecule has 0 saturated heterocycles. The molecule has 0 aromatic carbocycles. The lowest BCUT2D eigenvalue weighted by Gasteiger charge is -1.98. The fraction of sp³-hybridized carbons (Fsp3) is 0.200. The molecule has 94 valence electrons. The zero-order chi connectivity index (χ0) is 13.3. The van der Waals surface area contributed by atoms with Crippen molar-refractivity contribution in [1.82, 2.24) is 9.38 Å². The lowest BCUT2D eigenvalue weighted by Crippen LogP contribution is -2.08. The van der Waals surface area contributed by atoms with Crippen LogP contribution in [-0.4, -0.2) is 26.9 Å². The maximum Gasteiger partial charge on any atom is 0.365 e. The highest BCUT2D eigenvalue weighted by Gasteiger charge is 2.28. The lowest BCUT2D eigenvalue weighted by molar-refractivity contribution is -0.390. The van der Waals surface area contributed by atoms with Crippen molar-refractivity contribution < 1.29 is 14.5 Å². The number of esters is 1. The van der Waals surface area contributed by atoms with Gasteiger partial charge in [0.15, 0.2) is 0 Å². The number of fused-ring (bicyclic) bond motifs is 1. The van der Waals surface area contributed by atoms with Crippen LogP contribution >= 0.6 is 15.9 Å². The van der Waals surface area contributed by atoms with Crippen molar-refractivity contribution in [3.63, 3.8) is 0 Å². The second-order valence-corrected chi connectivity index (χ2v) is 4.25. The van der Waals surface area contributed by atoms with E-state index in [4.69, 9.17) is 4.74 Å². The van der Waals surface area contributed by atoms with Crippen LogP contribution in [0.25, 0.3) is 5.65 Å². The molecule has 0 bridgehead atoms. The van der Waals surface area contributed by atoms with E-state index >= 15 is 0 Å². The minimum absolute atomic E-state index is 0.132.